The van der Waals surface area contributed by atoms with E-state index in [2.05, 4.69) is 10.3 Å². The first kappa shape index (κ1) is 13.2. The van der Waals surface area contributed by atoms with Crippen molar-refractivity contribution in [2.75, 3.05) is 0 Å². The third-order valence-corrected chi connectivity index (χ3v) is 2.91. The summed E-state index contributed by atoms with van der Waals surface area (Å²) >= 11 is 0. The Balaban J connectivity index is 2.10. The van der Waals surface area contributed by atoms with E-state index < -0.39 is 5.95 Å². The fourth-order valence-corrected chi connectivity index (χ4v) is 1.86. The fraction of sp³-hybridized carbons (Fsp3) is 0.200. The van der Waals surface area contributed by atoms with Gasteiger partial charge in [0, 0.05) is 6.20 Å². The standard InChI is InChI=1S/C15H15FN2O/c1-2-13(11-6-4-3-5-7-11)18-15(19)12-8-9-14(16)17-10-12/h3-10,13H,2H2,1H3,(H,18,19). The molecular formula is C15H15FN2O. The molecule has 0 saturated heterocycles. The van der Waals surface area contributed by atoms with E-state index in [9.17, 15) is 9.18 Å². The molecule has 0 saturated carbocycles. The molecule has 0 aliphatic rings. The predicted octanol–water partition coefficient (Wildman–Crippen LogP) is 3.10. The van der Waals surface area contributed by atoms with Crippen molar-refractivity contribution in [2.45, 2.75) is 19.4 Å². The van der Waals surface area contributed by atoms with Crippen LogP contribution in [0.2, 0.25) is 0 Å². The maximum Gasteiger partial charge on any atom is 0.253 e. The maximum absolute atomic E-state index is 12.7. The molecule has 2 rings (SSSR count). The van der Waals surface area contributed by atoms with Crippen LogP contribution in [0, 0.1) is 5.95 Å². The summed E-state index contributed by atoms with van der Waals surface area (Å²) in [7, 11) is 0. The normalized spacial score (nSPS) is 11.9. The molecule has 0 aliphatic heterocycles. The van der Waals surface area contributed by atoms with Crippen LogP contribution in [-0.4, -0.2) is 10.9 Å². The van der Waals surface area contributed by atoms with E-state index in [0.717, 1.165) is 12.0 Å². The van der Waals surface area contributed by atoms with Gasteiger partial charge < -0.3 is 5.32 Å². The Hall–Kier alpha value is -2.23. The first-order valence-corrected chi connectivity index (χ1v) is 6.18. The van der Waals surface area contributed by atoms with Crippen LogP contribution in [0.25, 0.3) is 0 Å². The summed E-state index contributed by atoms with van der Waals surface area (Å²) in [5.74, 6) is -0.838. The lowest BCUT2D eigenvalue weighted by atomic mass is 10.0. The molecule has 0 aliphatic carbocycles. The van der Waals surface area contributed by atoms with Crippen LogP contribution >= 0.6 is 0 Å². The number of halogens is 1. The minimum Gasteiger partial charge on any atom is -0.345 e. The van der Waals surface area contributed by atoms with Gasteiger partial charge in [-0.3, -0.25) is 4.79 Å². The van der Waals surface area contributed by atoms with Gasteiger partial charge in [0.1, 0.15) is 0 Å². The Bertz CT molecular complexity index is 540. The number of aromatic nitrogens is 1. The Morgan fingerprint density at radius 3 is 2.58 bits per heavy atom. The molecule has 1 N–H and O–H groups in total. The quantitative estimate of drug-likeness (QED) is 0.856. The van der Waals surface area contributed by atoms with Crippen LogP contribution in [0.15, 0.2) is 48.7 Å². The largest absolute Gasteiger partial charge is 0.345 e. The van der Waals surface area contributed by atoms with Gasteiger partial charge in [-0.2, -0.15) is 4.39 Å². The second-order valence-corrected chi connectivity index (χ2v) is 4.21. The average Bonchev–Trinajstić information content (AvgIpc) is 2.46. The third-order valence-electron chi connectivity index (χ3n) is 2.91. The van der Waals surface area contributed by atoms with Gasteiger partial charge in [-0.15, -0.1) is 0 Å². The smallest absolute Gasteiger partial charge is 0.253 e. The molecular weight excluding hydrogens is 243 g/mol. The van der Waals surface area contributed by atoms with Crippen molar-refractivity contribution in [1.82, 2.24) is 10.3 Å². The van der Waals surface area contributed by atoms with E-state index in [-0.39, 0.29) is 11.9 Å². The molecule has 0 radical (unpaired) electrons. The molecule has 0 bridgehead atoms. The van der Waals surface area contributed by atoms with E-state index in [1.807, 2.05) is 37.3 Å². The highest BCUT2D eigenvalue weighted by Crippen LogP contribution is 2.16. The molecule has 98 valence electrons. The molecule has 4 heteroatoms. The number of amides is 1. The Morgan fingerprint density at radius 2 is 2.00 bits per heavy atom. The first-order chi connectivity index (χ1) is 9.20. The van der Waals surface area contributed by atoms with Crippen LogP contribution < -0.4 is 5.32 Å². The zero-order valence-electron chi connectivity index (χ0n) is 10.6. The van der Waals surface area contributed by atoms with Gasteiger partial charge in [0.15, 0.2) is 0 Å². The van der Waals surface area contributed by atoms with Gasteiger partial charge in [0.2, 0.25) is 5.95 Å². The first-order valence-electron chi connectivity index (χ1n) is 6.18. The summed E-state index contributed by atoms with van der Waals surface area (Å²) in [6.45, 7) is 2.00. The van der Waals surface area contributed by atoms with Crippen molar-refractivity contribution in [1.29, 1.82) is 0 Å². The number of benzene rings is 1. The lowest BCUT2D eigenvalue weighted by Gasteiger charge is -2.17. The molecule has 19 heavy (non-hydrogen) atoms. The molecule has 0 spiro atoms. The molecule has 1 amide bonds. The Labute approximate surface area is 111 Å². The van der Waals surface area contributed by atoms with Crippen molar-refractivity contribution in [3.05, 3.63) is 65.7 Å². The van der Waals surface area contributed by atoms with Gasteiger partial charge in [-0.25, -0.2) is 4.98 Å². The number of carbonyl (C=O) groups excluding carboxylic acids is 1. The van der Waals surface area contributed by atoms with Crippen LogP contribution in [0.3, 0.4) is 0 Å². The summed E-state index contributed by atoms with van der Waals surface area (Å²) in [6, 6.07) is 12.3. The molecule has 1 heterocycles. The van der Waals surface area contributed by atoms with Gasteiger partial charge >= 0.3 is 0 Å². The second kappa shape index (κ2) is 6.09. The molecule has 2 aromatic rings. The highest BCUT2D eigenvalue weighted by molar-refractivity contribution is 5.94. The lowest BCUT2D eigenvalue weighted by molar-refractivity contribution is 0.0935. The Morgan fingerprint density at radius 1 is 1.26 bits per heavy atom. The van der Waals surface area contributed by atoms with Gasteiger partial charge in [-0.05, 0) is 24.1 Å². The highest BCUT2D eigenvalue weighted by atomic mass is 19.1. The molecule has 1 aromatic carbocycles. The maximum atomic E-state index is 12.7. The fourth-order valence-electron chi connectivity index (χ4n) is 1.86. The molecule has 0 fully saturated rings. The monoisotopic (exact) mass is 258 g/mol. The van der Waals surface area contributed by atoms with Crippen LogP contribution in [0.1, 0.15) is 35.3 Å². The number of carbonyl (C=O) groups is 1. The van der Waals surface area contributed by atoms with Crippen LogP contribution in [0.5, 0.6) is 0 Å². The SMILES string of the molecule is CCC(NC(=O)c1ccc(F)nc1)c1ccccc1. The van der Waals surface area contributed by atoms with Crippen molar-refractivity contribution in [3.8, 4) is 0 Å². The van der Waals surface area contributed by atoms with Gasteiger partial charge in [0.25, 0.3) is 5.91 Å². The molecule has 1 atom stereocenters. The summed E-state index contributed by atoms with van der Waals surface area (Å²) < 4.78 is 12.7. The number of pyridine rings is 1. The van der Waals surface area contributed by atoms with E-state index in [1.165, 1.54) is 18.3 Å². The van der Waals surface area contributed by atoms with Crippen LogP contribution in [0.4, 0.5) is 4.39 Å². The zero-order chi connectivity index (χ0) is 13.7. The van der Waals surface area contributed by atoms with Crippen LogP contribution in [-0.2, 0) is 0 Å². The third kappa shape index (κ3) is 3.37. The summed E-state index contributed by atoms with van der Waals surface area (Å²) in [5.41, 5.74) is 1.41. The number of hydrogen-bond donors (Lipinski definition) is 1. The minimum absolute atomic E-state index is 0.0567. The molecule has 1 aromatic heterocycles. The number of nitrogens with zero attached hydrogens (tertiary/aromatic N) is 1. The Kier molecular flexibility index (Phi) is 4.23. The minimum atomic E-state index is -0.591. The topological polar surface area (TPSA) is 42.0 Å². The van der Waals surface area contributed by atoms with Gasteiger partial charge in [-0.1, -0.05) is 37.3 Å². The summed E-state index contributed by atoms with van der Waals surface area (Å²) in [4.78, 5) is 15.5. The van der Waals surface area contributed by atoms with Crippen molar-refractivity contribution < 1.29 is 9.18 Å². The van der Waals surface area contributed by atoms with Gasteiger partial charge in [0.05, 0.1) is 11.6 Å². The highest BCUT2D eigenvalue weighted by Gasteiger charge is 2.14. The number of hydrogen-bond acceptors (Lipinski definition) is 2. The average molecular weight is 258 g/mol. The van der Waals surface area contributed by atoms with E-state index >= 15 is 0 Å². The summed E-state index contributed by atoms with van der Waals surface area (Å²) in [6.07, 6.45) is 2.02. The van der Waals surface area contributed by atoms with E-state index in [4.69, 9.17) is 0 Å². The van der Waals surface area contributed by atoms with E-state index in [1.54, 1.807) is 0 Å². The van der Waals surface area contributed by atoms with Crippen molar-refractivity contribution in [2.24, 2.45) is 0 Å². The molecule has 1 unspecified atom stereocenters. The number of rotatable bonds is 4. The lowest BCUT2D eigenvalue weighted by Crippen LogP contribution is -2.28. The summed E-state index contributed by atoms with van der Waals surface area (Å²) in [5, 5.41) is 2.92. The molecule has 3 nitrogen and oxygen atoms in total. The van der Waals surface area contributed by atoms with Crippen molar-refractivity contribution >= 4 is 5.91 Å². The van der Waals surface area contributed by atoms with E-state index in [0.29, 0.717) is 5.56 Å². The zero-order valence-corrected chi connectivity index (χ0v) is 10.6. The number of nitrogens with one attached hydrogen (secondary N) is 1. The van der Waals surface area contributed by atoms with Crippen molar-refractivity contribution in [3.63, 3.8) is 0 Å². The predicted molar refractivity (Wildman–Crippen MR) is 71.1 cm³/mol. The second-order valence-electron chi connectivity index (χ2n) is 4.21.